The van der Waals surface area contributed by atoms with Gasteiger partial charge in [0.1, 0.15) is 0 Å². The minimum Gasteiger partial charge on any atom is -0.388 e. The van der Waals surface area contributed by atoms with Crippen LogP contribution in [0.15, 0.2) is 54.9 Å². The van der Waals surface area contributed by atoms with Crippen molar-refractivity contribution in [2.75, 3.05) is 26.2 Å². The molecule has 3 aromatic rings. The van der Waals surface area contributed by atoms with E-state index in [1.807, 2.05) is 30.5 Å². The molecule has 0 amide bonds. The molecule has 0 bridgehead atoms. The lowest BCUT2D eigenvalue weighted by molar-refractivity contribution is 0.231. The number of fused-ring (bicyclic) bond motifs is 1. The van der Waals surface area contributed by atoms with E-state index in [2.05, 4.69) is 54.7 Å². The molecule has 1 aromatic heterocycles. The maximum absolute atomic E-state index is 7.13. The molecule has 1 saturated heterocycles. The number of aromatic amines is 1. The summed E-state index contributed by atoms with van der Waals surface area (Å²) in [7, 11) is 0. The molecule has 0 radical (unpaired) electrons. The molecule has 4 nitrogen and oxygen atoms in total. The number of rotatable bonds is 8. The predicted molar refractivity (Wildman–Crippen MR) is 143 cm³/mol. The first-order valence-electron chi connectivity index (χ1n) is 12.2. The van der Waals surface area contributed by atoms with Crippen LogP contribution in [-0.2, 0) is 6.42 Å². The lowest BCUT2D eigenvalue weighted by atomic mass is 9.96. The lowest BCUT2D eigenvalue weighted by Crippen LogP contribution is -2.35. The van der Waals surface area contributed by atoms with Gasteiger partial charge in [-0.15, -0.1) is 0 Å². The molecule has 1 aliphatic heterocycles. The summed E-state index contributed by atoms with van der Waals surface area (Å²) in [5, 5.41) is 11.8. The van der Waals surface area contributed by atoms with E-state index < -0.39 is 0 Å². The summed E-state index contributed by atoms with van der Waals surface area (Å²) in [6.07, 6.45) is 9.53. The number of H-pyrrole nitrogens is 1. The number of hydrogen-bond donors (Lipinski definition) is 3. The molecule has 2 aromatic carbocycles. The summed E-state index contributed by atoms with van der Waals surface area (Å²) < 4.78 is 0. The minimum atomic E-state index is 0.962. The van der Waals surface area contributed by atoms with E-state index in [1.54, 1.807) is 0 Å². The van der Waals surface area contributed by atoms with Gasteiger partial charge in [-0.25, -0.2) is 0 Å². The maximum Gasteiger partial charge on any atom is 0.0460 e. The van der Waals surface area contributed by atoms with Crippen LogP contribution in [0.5, 0.6) is 0 Å². The van der Waals surface area contributed by atoms with E-state index in [0.717, 1.165) is 42.4 Å². The molecule has 0 saturated carbocycles. The molecule has 0 aliphatic carbocycles. The first-order chi connectivity index (χ1) is 16.0. The Balaban J connectivity index is 0.000000231. The zero-order valence-corrected chi connectivity index (χ0v) is 20.6. The number of hydrogen-bond acceptors (Lipinski definition) is 3. The minimum absolute atomic E-state index is 0.962. The molecule has 4 heteroatoms. The van der Waals surface area contributed by atoms with Crippen molar-refractivity contribution in [3.8, 4) is 0 Å². The third-order valence-corrected chi connectivity index (χ3v) is 6.55. The highest BCUT2D eigenvalue weighted by Gasteiger charge is 2.09. The maximum atomic E-state index is 7.13. The largest absolute Gasteiger partial charge is 0.388 e. The number of benzene rings is 2. The second-order valence-electron chi connectivity index (χ2n) is 9.24. The van der Waals surface area contributed by atoms with Crippen LogP contribution in [0.1, 0.15) is 53.5 Å². The Bertz CT molecular complexity index is 1030. The third kappa shape index (κ3) is 7.33. The number of piperidine rings is 1. The Morgan fingerprint density at radius 1 is 1.09 bits per heavy atom. The molecule has 3 N–H and O–H groups in total. The molecule has 4 rings (SSSR count). The van der Waals surface area contributed by atoms with Gasteiger partial charge >= 0.3 is 0 Å². The van der Waals surface area contributed by atoms with E-state index in [-0.39, 0.29) is 0 Å². The molecular formula is C29H40N4. The van der Waals surface area contributed by atoms with Crippen LogP contribution in [0.2, 0.25) is 0 Å². The molecule has 0 unspecified atom stereocenters. The summed E-state index contributed by atoms with van der Waals surface area (Å²) in [4.78, 5) is 5.66. The van der Waals surface area contributed by atoms with Crippen molar-refractivity contribution in [1.82, 2.24) is 15.2 Å². The van der Waals surface area contributed by atoms with Crippen molar-refractivity contribution >= 4 is 17.1 Å². The van der Waals surface area contributed by atoms with Crippen LogP contribution >= 0.6 is 0 Å². The number of nitrogens with one attached hydrogen (secondary N) is 3. The zero-order chi connectivity index (χ0) is 23.6. The molecule has 1 fully saturated rings. The molecule has 176 valence electrons. The summed E-state index contributed by atoms with van der Waals surface area (Å²) in [5.74, 6) is 0. The molecule has 33 heavy (non-hydrogen) atoms. The normalized spacial score (nSPS) is 13.9. The standard InChI is InChI=1S/C20H32N2.C9H8N2/c1-16-14-17(2)20(18(3)15-16)9-8-19(4)21-10-13-22-11-6-5-7-12-22;10-6-7-2-1-3-9-8(7)4-5-11-9/h14-15,21H,4-13H2,1-3H3;1-6,10-11H. The molecule has 1 aliphatic rings. The van der Waals surface area contributed by atoms with Crippen LogP contribution in [0, 0.1) is 26.2 Å². The van der Waals surface area contributed by atoms with Gasteiger partial charge in [0.05, 0.1) is 0 Å². The van der Waals surface area contributed by atoms with Gasteiger partial charge < -0.3 is 20.6 Å². The first kappa shape index (κ1) is 24.8. The second kappa shape index (κ2) is 12.4. The van der Waals surface area contributed by atoms with Crippen molar-refractivity contribution in [2.24, 2.45) is 0 Å². The summed E-state index contributed by atoms with van der Waals surface area (Å²) in [5.41, 5.74) is 8.91. The predicted octanol–water partition coefficient (Wildman–Crippen LogP) is 6.30. The Morgan fingerprint density at radius 3 is 2.52 bits per heavy atom. The number of likely N-dealkylation sites (tertiary alicyclic amines) is 1. The highest BCUT2D eigenvalue weighted by Crippen LogP contribution is 2.19. The van der Waals surface area contributed by atoms with Crippen LogP contribution < -0.4 is 5.32 Å². The Hall–Kier alpha value is -2.85. The van der Waals surface area contributed by atoms with E-state index in [1.165, 1.54) is 66.5 Å². The topological polar surface area (TPSA) is 54.9 Å². The first-order valence-corrected chi connectivity index (χ1v) is 12.2. The van der Waals surface area contributed by atoms with Crippen molar-refractivity contribution in [2.45, 2.75) is 52.9 Å². The van der Waals surface area contributed by atoms with E-state index >= 15 is 0 Å². The SMILES string of the molecule is C=C(CCc1c(C)cc(C)cc1C)NCCN1CCCCC1.N=Cc1cccc2[nH]ccc12. The van der Waals surface area contributed by atoms with Crippen LogP contribution in [0.25, 0.3) is 10.9 Å². The molecular weight excluding hydrogens is 404 g/mol. The highest BCUT2D eigenvalue weighted by atomic mass is 15.1. The van der Waals surface area contributed by atoms with Gasteiger partial charge in [-0.05, 0) is 88.4 Å². The number of aryl methyl sites for hydroxylation is 3. The fourth-order valence-corrected chi connectivity index (χ4v) is 4.78. The van der Waals surface area contributed by atoms with Gasteiger partial charge in [-0.2, -0.15) is 0 Å². The van der Waals surface area contributed by atoms with Crippen molar-refractivity contribution in [1.29, 1.82) is 5.41 Å². The van der Waals surface area contributed by atoms with Gasteiger partial charge in [0.2, 0.25) is 0 Å². The van der Waals surface area contributed by atoms with Crippen molar-refractivity contribution in [3.05, 3.63) is 82.7 Å². The van der Waals surface area contributed by atoms with Crippen LogP contribution in [0.4, 0.5) is 0 Å². The third-order valence-electron chi connectivity index (χ3n) is 6.55. The zero-order valence-electron chi connectivity index (χ0n) is 20.6. The second-order valence-corrected chi connectivity index (χ2v) is 9.24. The molecule has 0 spiro atoms. The Labute approximate surface area is 199 Å². The Morgan fingerprint density at radius 2 is 1.82 bits per heavy atom. The van der Waals surface area contributed by atoms with E-state index in [4.69, 9.17) is 5.41 Å². The summed E-state index contributed by atoms with van der Waals surface area (Å²) in [6, 6.07) is 12.4. The number of allylic oxidation sites excluding steroid dienone is 1. The van der Waals surface area contributed by atoms with Gasteiger partial charge in [0.25, 0.3) is 0 Å². The quantitative estimate of drug-likeness (QED) is 0.357. The van der Waals surface area contributed by atoms with E-state index in [9.17, 15) is 0 Å². The van der Waals surface area contributed by atoms with Gasteiger partial charge in [-0.1, -0.05) is 42.8 Å². The monoisotopic (exact) mass is 444 g/mol. The molecule has 2 heterocycles. The highest BCUT2D eigenvalue weighted by molar-refractivity contribution is 5.97. The fraction of sp³-hybridized carbons (Fsp3) is 0.414. The van der Waals surface area contributed by atoms with Crippen LogP contribution in [0.3, 0.4) is 0 Å². The Kier molecular flexibility index (Phi) is 9.32. The average Bonchev–Trinajstić information content (AvgIpc) is 3.29. The van der Waals surface area contributed by atoms with Crippen molar-refractivity contribution in [3.63, 3.8) is 0 Å². The van der Waals surface area contributed by atoms with Gasteiger partial charge in [-0.3, -0.25) is 0 Å². The number of nitrogens with zero attached hydrogens (tertiary/aromatic N) is 1. The van der Waals surface area contributed by atoms with Gasteiger partial charge in [0, 0.05) is 47.7 Å². The summed E-state index contributed by atoms with van der Waals surface area (Å²) in [6.45, 7) is 15.6. The van der Waals surface area contributed by atoms with Crippen LogP contribution in [-0.4, -0.2) is 42.3 Å². The smallest absolute Gasteiger partial charge is 0.0460 e. The fourth-order valence-electron chi connectivity index (χ4n) is 4.78. The van der Waals surface area contributed by atoms with Gasteiger partial charge in [0.15, 0.2) is 0 Å². The lowest BCUT2D eigenvalue weighted by Gasteiger charge is -2.26. The number of aromatic nitrogens is 1. The molecule has 0 atom stereocenters. The van der Waals surface area contributed by atoms with Crippen molar-refractivity contribution < 1.29 is 0 Å². The summed E-state index contributed by atoms with van der Waals surface area (Å²) >= 11 is 0. The van der Waals surface area contributed by atoms with E-state index in [0.29, 0.717) is 0 Å². The average molecular weight is 445 g/mol.